The fraction of sp³-hybridized carbons (Fsp3) is 0. The molecule has 0 fully saturated rings. The molecule has 2 aromatic carbocycles. The summed E-state index contributed by atoms with van der Waals surface area (Å²) in [5.74, 6) is 0. The van der Waals surface area contributed by atoms with E-state index >= 15 is 0 Å². The Labute approximate surface area is 126 Å². The quantitative estimate of drug-likeness (QED) is 0.614. The summed E-state index contributed by atoms with van der Waals surface area (Å²) < 4.78 is 2.01. The number of fused-ring (bicyclic) bond motifs is 1. The number of hydrogen-bond donors (Lipinski definition) is 1. The van der Waals surface area contributed by atoms with E-state index in [2.05, 4.69) is 9.97 Å². The molecule has 1 N–H and O–H groups in total. The summed E-state index contributed by atoms with van der Waals surface area (Å²) in [4.78, 5) is 19.1. The van der Waals surface area contributed by atoms with Crippen LogP contribution in [0.1, 0.15) is 0 Å². The second kappa shape index (κ2) is 5.00. The Kier molecular flexibility index (Phi) is 2.86. The maximum Gasteiger partial charge on any atom is 0.260 e. The first-order valence-electron chi connectivity index (χ1n) is 7.04. The number of H-pyrrole nitrogens is 1. The van der Waals surface area contributed by atoms with Gasteiger partial charge in [0.1, 0.15) is 0 Å². The molecular formula is C18H13N3O. The van der Waals surface area contributed by atoms with Crippen molar-refractivity contribution >= 4 is 11.0 Å². The highest BCUT2D eigenvalue weighted by Gasteiger charge is 2.14. The SMILES string of the molecule is O=c1[nH]cnc2c1cc(-c1ccccc1)n2-c1ccccc1. The fourth-order valence-electron chi connectivity index (χ4n) is 2.68. The van der Waals surface area contributed by atoms with E-state index in [1.54, 1.807) is 0 Å². The number of aromatic nitrogens is 3. The molecule has 0 aliphatic heterocycles. The minimum atomic E-state index is -0.128. The highest BCUT2D eigenvalue weighted by atomic mass is 16.1. The molecule has 0 bridgehead atoms. The highest BCUT2D eigenvalue weighted by Crippen LogP contribution is 2.28. The van der Waals surface area contributed by atoms with E-state index in [1.165, 1.54) is 6.33 Å². The lowest BCUT2D eigenvalue weighted by Crippen LogP contribution is -2.06. The maximum absolute atomic E-state index is 12.1. The number of nitrogens with zero attached hydrogens (tertiary/aromatic N) is 2. The molecule has 2 heterocycles. The number of nitrogens with one attached hydrogen (secondary N) is 1. The Morgan fingerprint density at radius 3 is 2.32 bits per heavy atom. The van der Waals surface area contributed by atoms with Crippen LogP contribution in [0.25, 0.3) is 28.0 Å². The summed E-state index contributed by atoms with van der Waals surface area (Å²) in [6, 6.07) is 21.8. The van der Waals surface area contributed by atoms with Gasteiger partial charge in [-0.1, -0.05) is 48.5 Å². The van der Waals surface area contributed by atoms with Crippen LogP contribution in [0.2, 0.25) is 0 Å². The van der Waals surface area contributed by atoms with Gasteiger partial charge >= 0.3 is 0 Å². The maximum atomic E-state index is 12.1. The second-order valence-corrected chi connectivity index (χ2v) is 5.04. The number of benzene rings is 2. The number of aromatic amines is 1. The van der Waals surface area contributed by atoms with Gasteiger partial charge < -0.3 is 4.98 Å². The normalized spacial score (nSPS) is 10.9. The topological polar surface area (TPSA) is 50.7 Å². The van der Waals surface area contributed by atoms with Crippen molar-refractivity contribution in [1.29, 1.82) is 0 Å². The van der Waals surface area contributed by atoms with Gasteiger partial charge in [-0.15, -0.1) is 0 Å². The number of rotatable bonds is 2. The third-order valence-electron chi connectivity index (χ3n) is 3.69. The third-order valence-corrected chi connectivity index (χ3v) is 3.69. The molecule has 0 unspecified atom stereocenters. The average molecular weight is 287 g/mol. The molecule has 4 nitrogen and oxygen atoms in total. The van der Waals surface area contributed by atoms with Crippen LogP contribution in [0, 0.1) is 0 Å². The van der Waals surface area contributed by atoms with E-state index in [4.69, 9.17) is 0 Å². The largest absolute Gasteiger partial charge is 0.313 e. The fourth-order valence-corrected chi connectivity index (χ4v) is 2.68. The minimum absolute atomic E-state index is 0.128. The van der Waals surface area contributed by atoms with Crippen molar-refractivity contribution in [1.82, 2.24) is 14.5 Å². The number of hydrogen-bond acceptors (Lipinski definition) is 2. The van der Waals surface area contributed by atoms with Crippen molar-refractivity contribution in [2.45, 2.75) is 0 Å². The summed E-state index contributed by atoms with van der Waals surface area (Å²) in [7, 11) is 0. The van der Waals surface area contributed by atoms with Crippen molar-refractivity contribution in [3.8, 4) is 16.9 Å². The lowest BCUT2D eigenvalue weighted by Gasteiger charge is -2.10. The lowest BCUT2D eigenvalue weighted by molar-refractivity contribution is 1.07. The van der Waals surface area contributed by atoms with Crippen LogP contribution in [-0.4, -0.2) is 14.5 Å². The van der Waals surface area contributed by atoms with Crippen molar-refractivity contribution in [2.24, 2.45) is 0 Å². The molecule has 0 amide bonds. The van der Waals surface area contributed by atoms with E-state index in [9.17, 15) is 4.79 Å². The summed E-state index contributed by atoms with van der Waals surface area (Å²) in [6.45, 7) is 0. The van der Waals surface area contributed by atoms with E-state index in [1.807, 2.05) is 71.3 Å². The van der Waals surface area contributed by atoms with Crippen LogP contribution in [-0.2, 0) is 0 Å². The second-order valence-electron chi connectivity index (χ2n) is 5.04. The Morgan fingerprint density at radius 1 is 0.909 bits per heavy atom. The van der Waals surface area contributed by atoms with Gasteiger partial charge in [0.15, 0.2) is 5.65 Å². The first-order chi connectivity index (χ1) is 10.8. The van der Waals surface area contributed by atoms with Crippen molar-refractivity contribution in [3.05, 3.63) is 83.4 Å². The molecule has 0 atom stereocenters. The first kappa shape index (κ1) is 12.6. The van der Waals surface area contributed by atoms with Crippen molar-refractivity contribution in [2.75, 3.05) is 0 Å². The van der Waals surface area contributed by atoms with E-state index in [0.29, 0.717) is 11.0 Å². The molecule has 4 rings (SSSR count). The molecule has 2 aromatic heterocycles. The molecule has 106 valence electrons. The van der Waals surface area contributed by atoms with Crippen LogP contribution in [0.3, 0.4) is 0 Å². The summed E-state index contributed by atoms with van der Waals surface area (Å²) >= 11 is 0. The molecule has 0 radical (unpaired) electrons. The van der Waals surface area contributed by atoms with Gasteiger partial charge in [-0.05, 0) is 23.8 Å². The van der Waals surface area contributed by atoms with E-state index in [0.717, 1.165) is 16.9 Å². The van der Waals surface area contributed by atoms with Crippen LogP contribution < -0.4 is 5.56 Å². The molecule has 0 aliphatic carbocycles. The lowest BCUT2D eigenvalue weighted by atomic mass is 10.1. The minimum Gasteiger partial charge on any atom is -0.313 e. The Hall–Kier alpha value is -3.14. The Bertz CT molecular complexity index is 985. The molecule has 0 aliphatic rings. The third kappa shape index (κ3) is 1.93. The summed E-state index contributed by atoms with van der Waals surface area (Å²) in [6.07, 6.45) is 1.44. The smallest absolute Gasteiger partial charge is 0.260 e. The molecule has 4 aromatic rings. The van der Waals surface area contributed by atoms with Gasteiger partial charge in [0.25, 0.3) is 5.56 Å². The van der Waals surface area contributed by atoms with Crippen molar-refractivity contribution < 1.29 is 0 Å². The van der Waals surface area contributed by atoms with Gasteiger partial charge in [-0.2, -0.15) is 0 Å². The monoisotopic (exact) mass is 287 g/mol. The Balaban J connectivity index is 2.12. The zero-order valence-corrected chi connectivity index (χ0v) is 11.7. The van der Waals surface area contributed by atoms with Gasteiger partial charge in [0, 0.05) is 5.69 Å². The highest BCUT2D eigenvalue weighted by molar-refractivity contribution is 5.85. The average Bonchev–Trinajstić information content (AvgIpc) is 2.97. The van der Waals surface area contributed by atoms with Gasteiger partial charge in [-0.3, -0.25) is 9.36 Å². The van der Waals surface area contributed by atoms with Gasteiger partial charge in [0.05, 0.1) is 17.4 Å². The Morgan fingerprint density at radius 2 is 1.59 bits per heavy atom. The predicted octanol–water partition coefficient (Wildman–Crippen LogP) is 3.38. The van der Waals surface area contributed by atoms with Gasteiger partial charge in [-0.25, -0.2) is 4.98 Å². The zero-order chi connectivity index (χ0) is 14.9. The van der Waals surface area contributed by atoms with E-state index < -0.39 is 0 Å². The van der Waals surface area contributed by atoms with Crippen LogP contribution in [0.5, 0.6) is 0 Å². The van der Waals surface area contributed by atoms with Gasteiger partial charge in [0.2, 0.25) is 0 Å². The first-order valence-corrected chi connectivity index (χ1v) is 7.04. The molecule has 0 saturated carbocycles. The standard InChI is InChI=1S/C18H13N3O/c22-18-15-11-16(13-7-3-1-4-8-13)21(17(15)19-12-20-18)14-9-5-2-6-10-14/h1-12H,(H,19,20,22). The predicted molar refractivity (Wildman–Crippen MR) is 87.1 cm³/mol. The van der Waals surface area contributed by atoms with E-state index in [-0.39, 0.29) is 5.56 Å². The van der Waals surface area contributed by atoms with Crippen LogP contribution in [0.15, 0.2) is 77.9 Å². The molecule has 4 heteroatoms. The molecule has 0 saturated heterocycles. The molecule has 22 heavy (non-hydrogen) atoms. The number of para-hydroxylation sites is 1. The molecule has 0 spiro atoms. The molecular weight excluding hydrogens is 274 g/mol. The summed E-state index contributed by atoms with van der Waals surface area (Å²) in [5, 5.41) is 0.588. The zero-order valence-electron chi connectivity index (χ0n) is 11.7. The van der Waals surface area contributed by atoms with Crippen LogP contribution in [0.4, 0.5) is 0 Å². The summed E-state index contributed by atoms with van der Waals surface area (Å²) in [5.41, 5.74) is 3.51. The van der Waals surface area contributed by atoms with Crippen molar-refractivity contribution in [3.63, 3.8) is 0 Å². The van der Waals surface area contributed by atoms with Crippen LogP contribution >= 0.6 is 0 Å².